The molecule has 0 radical (unpaired) electrons. The van der Waals surface area contributed by atoms with Crippen molar-refractivity contribution in [3.05, 3.63) is 34.4 Å². The van der Waals surface area contributed by atoms with Gasteiger partial charge >= 0.3 is 6.03 Å². The van der Waals surface area contributed by atoms with Gasteiger partial charge in [-0.15, -0.1) is 0 Å². The number of urea groups is 1. The fourth-order valence-corrected chi connectivity index (χ4v) is 2.27. The largest absolute Gasteiger partial charge is 0.324 e. The average Bonchev–Trinajstić information content (AvgIpc) is 2.39. The van der Waals surface area contributed by atoms with Gasteiger partial charge in [-0.3, -0.25) is 10.1 Å². The van der Waals surface area contributed by atoms with E-state index in [-0.39, 0.29) is 11.7 Å². The Morgan fingerprint density at radius 1 is 1.53 bits per heavy atom. The molecule has 1 aromatic carbocycles. The van der Waals surface area contributed by atoms with E-state index in [4.69, 9.17) is 0 Å². The lowest BCUT2D eigenvalue weighted by molar-refractivity contribution is -0.384. The third-order valence-corrected chi connectivity index (χ3v) is 3.25. The quantitative estimate of drug-likeness (QED) is 0.658. The molecule has 2 rings (SSSR count). The Kier molecular flexibility index (Phi) is 3.99. The standard InChI is InChI=1S/C13H17N3O3/c1-10-4-3-7-15(9-10)13(17)14-11-5-2-6-12(8-11)16(18)19/h2,5-6,8,10H,3-4,7,9H2,1H3,(H,14,17)/t10-/m0/s1. The van der Waals surface area contributed by atoms with Crippen molar-refractivity contribution in [2.75, 3.05) is 18.4 Å². The second kappa shape index (κ2) is 5.69. The van der Waals surface area contributed by atoms with Crippen molar-refractivity contribution in [1.29, 1.82) is 0 Å². The van der Waals surface area contributed by atoms with Gasteiger partial charge in [0.05, 0.1) is 4.92 Å². The Bertz CT molecular complexity index is 490. The molecule has 0 aromatic heterocycles. The molecule has 19 heavy (non-hydrogen) atoms. The highest BCUT2D eigenvalue weighted by Gasteiger charge is 2.21. The van der Waals surface area contributed by atoms with Gasteiger partial charge < -0.3 is 10.2 Å². The molecule has 1 aliphatic rings. The van der Waals surface area contributed by atoms with Gasteiger partial charge in [-0.05, 0) is 24.8 Å². The zero-order valence-electron chi connectivity index (χ0n) is 10.8. The molecule has 0 spiro atoms. The van der Waals surface area contributed by atoms with Crippen LogP contribution in [0.3, 0.4) is 0 Å². The van der Waals surface area contributed by atoms with Crippen LogP contribution >= 0.6 is 0 Å². The molecule has 6 heteroatoms. The van der Waals surface area contributed by atoms with Gasteiger partial charge in [-0.2, -0.15) is 0 Å². The van der Waals surface area contributed by atoms with E-state index in [0.29, 0.717) is 11.6 Å². The number of rotatable bonds is 2. The van der Waals surface area contributed by atoms with E-state index in [1.54, 1.807) is 17.0 Å². The summed E-state index contributed by atoms with van der Waals surface area (Å²) in [7, 11) is 0. The summed E-state index contributed by atoms with van der Waals surface area (Å²) in [5.74, 6) is 0.504. The molecule has 0 saturated carbocycles. The number of carbonyl (C=O) groups is 1. The number of hydrogen-bond donors (Lipinski definition) is 1. The summed E-state index contributed by atoms with van der Waals surface area (Å²) in [4.78, 5) is 24.0. The molecule has 0 unspecified atom stereocenters. The average molecular weight is 263 g/mol. The second-order valence-corrected chi connectivity index (χ2v) is 4.93. The van der Waals surface area contributed by atoms with Crippen molar-refractivity contribution >= 4 is 17.4 Å². The van der Waals surface area contributed by atoms with E-state index < -0.39 is 4.92 Å². The first-order valence-corrected chi connectivity index (χ1v) is 6.36. The highest BCUT2D eigenvalue weighted by molar-refractivity contribution is 5.89. The van der Waals surface area contributed by atoms with Crippen molar-refractivity contribution in [3.8, 4) is 0 Å². The fraction of sp³-hybridized carbons (Fsp3) is 0.462. The lowest BCUT2D eigenvalue weighted by atomic mass is 10.0. The van der Waals surface area contributed by atoms with Crippen LogP contribution in [0.15, 0.2) is 24.3 Å². The number of carbonyl (C=O) groups excluding carboxylic acids is 1. The predicted octanol–water partition coefficient (Wildman–Crippen LogP) is 2.86. The van der Waals surface area contributed by atoms with Gasteiger partial charge in [0, 0.05) is 30.9 Å². The molecule has 2 amide bonds. The normalized spacial score (nSPS) is 19.0. The van der Waals surface area contributed by atoms with Crippen LogP contribution in [0.25, 0.3) is 0 Å². The van der Waals surface area contributed by atoms with E-state index in [9.17, 15) is 14.9 Å². The van der Waals surface area contributed by atoms with Crippen LogP contribution in [0.2, 0.25) is 0 Å². The maximum Gasteiger partial charge on any atom is 0.321 e. The molecule has 1 N–H and O–H groups in total. The number of nitrogens with zero attached hydrogens (tertiary/aromatic N) is 2. The van der Waals surface area contributed by atoms with Crippen LogP contribution in [0.5, 0.6) is 0 Å². The predicted molar refractivity (Wildman–Crippen MR) is 72.1 cm³/mol. The summed E-state index contributed by atoms with van der Waals surface area (Å²) in [6.45, 7) is 3.60. The minimum Gasteiger partial charge on any atom is -0.324 e. The summed E-state index contributed by atoms with van der Waals surface area (Å²) in [6, 6.07) is 5.79. The number of anilines is 1. The van der Waals surface area contributed by atoms with Crippen LogP contribution in [-0.2, 0) is 0 Å². The minimum atomic E-state index is -0.474. The molecule has 1 aromatic rings. The molecule has 1 atom stereocenters. The maximum atomic E-state index is 12.0. The molecule has 1 saturated heterocycles. The van der Waals surface area contributed by atoms with Gasteiger partial charge in [0.1, 0.15) is 0 Å². The van der Waals surface area contributed by atoms with Crippen LogP contribution < -0.4 is 5.32 Å². The Labute approximate surface area is 111 Å². The molecule has 6 nitrogen and oxygen atoms in total. The Morgan fingerprint density at radius 3 is 3.00 bits per heavy atom. The van der Waals surface area contributed by atoms with Crippen LogP contribution in [0.4, 0.5) is 16.2 Å². The van der Waals surface area contributed by atoms with Gasteiger partial charge in [-0.1, -0.05) is 13.0 Å². The van der Waals surface area contributed by atoms with Gasteiger partial charge in [0.25, 0.3) is 5.69 Å². The number of hydrogen-bond acceptors (Lipinski definition) is 3. The van der Waals surface area contributed by atoms with Crippen molar-refractivity contribution in [2.24, 2.45) is 5.92 Å². The molecule has 1 heterocycles. The third-order valence-electron chi connectivity index (χ3n) is 3.25. The van der Waals surface area contributed by atoms with Gasteiger partial charge in [0.15, 0.2) is 0 Å². The van der Waals surface area contributed by atoms with Gasteiger partial charge in [0.2, 0.25) is 0 Å². The van der Waals surface area contributed by atoms with Crippen LogP contribution in [-0.4, -0.2) is 28.9 Å². The zero-order valence-corrected chi connectivity index (χ0v) is 10.8. The molecule has 0 bridgehead atoms. The SMILES string of the molecule is C[C@H]1CCCN(C(=O)Nc2cccc([N+](=O)[O-])c2)C1. The van der Waals surface area contributed by atoms with E-state index in [0.717, 1.165) is 25.9 Å². The maximum absolute atomic E-state index is 12.0. The molecular weight excluding hydrogens is 246 g/mol. The highest BCUT2D eigenvalue weighted by atomic mass is 16.6. The molecule has 1 aliphatic heterocycles. The summed E-state index contributed by atoms with van der Waals surface area (Å²) in [6.07, 6.45) is 2.14. The molecule has 0 aliphatic carbocycles. The van der Waals surface area contributed by atoms with E-state index in [2.05, 4.69) is 12.2 Å². The van der Waals surface area contributed by atoms with Crippen molar-refractivity contribution in [1.82, 2.24) is 4.90 Å². The lowest BCUT2D eigenvalue weighted by Crippen LogP contribution is -2.41. The van der Waals surface area contributed by atoms with Crippen molar-refractivity contribution in [2.45, 2.75) is 19.8 Å². The van der Waals surface area contributed by atoms with Crippen LogP contribution in [0.1, 0.15) is 19.8 Å². The molecule has 102 valence electrons. The van der Waals surface area contributed by atoms with E-state index in [1.807, 2.05) is 0 Å². The summed E-state index contributed by atoms with van der Waals surface area (Å²) in [5.41, 5.74) is 0.433. The summed E-state index contributed by atoms with van der Waals surface area (Å²) in [5, 5.41) is 13.4. The van der Waals surface area contributed by atoms with Crippen molar-refractivity contribution < 1.29 is 9.72 Å². The first-order chi connectivity index (χ1) is 9.06. The van der Waals surface area contributed by atoms with E-state index >= 15 is 0 Å². The van der Waals surface area contributed by atoms with Crippen LogP contribution in [0, 0.1) is 16.0 Å². The second-order valence-electron chi connectivity index (χ2n) is 4.93. The zero-order chi connectivity index (χ0) is 13.8. The number of nitrogens with one attached hydrogen (secondary N) is 1. The third kappa shape index (κ3) is 3.43. The minimum absolute atomic E-state index is 0.0233. The Morgan fingerprint density at radius 2 is 2.32 bits per heavy atom. The first-order valence-electron chi connectivity index (χ1n) is 6.36. The Hall–Kier alpha value is -2.11. The highest BCUT2D eigenvalue weighted by Crippen LogP contribution is 2.19. The summed E-state index contributed by atoms with van der Waals surface area (Å²) < 4.78 is 0. The molecule has 1 fully saturated rings. The number of benzene rings is 1. The lowest BCUT2D eigenvalue weighted by Gasteiger charge is -2.30. The summed E-state index contributed by atoms with van der Waals surface area (Å²) >= 11 is 0. The van der Waals surface area contributed by atoms with E-state index in [1.165, 1.54) is 12.1 Å². The van der Waals surface area contributed by atoms with Crippen molar-refractivity contribution in [3.63, 3.8) is 0 Å². The smallest absolute Gasteiger partial charge is 0.321 e. The number of nitro benzene ring substituents is 1. The number of nitro groups is 1. The number of piperidine rings is 1. The monoisotopic (exact) mass is 263 g/mol. The Balaban J connectivity index is 2.02. The first kappa shape index (κ1) is 13.3. The molecular formula is C13H17N3O3. The number of amides is 2. The van der Waals surface area contributed by atoms with Gasteiger partial charge in [-0.25, -0.2) is 4.79 Å². The number of non-ortho nitro benzene ring substituents is 1. The number of likely N-dealkylation sites (tertiary alicyclic amines) is 1. The fourth-order valence-electron chi connectivity index (χ4n) is 2.27. The topological polar surface area (TPSA) is 75.5 Å².